The van der Waals surface area contributed by atoms with Crippen LogP contribution in [0, 0.1) is 0 Å². The van der Waals surface area contributed by atoms with Crippen LogP contribution in [0.25, 0.3) is 0 Å². The van der Waals surface area contributed by atoms with Gasteiger partial charge >= 0.3 is 0 Å². The van der Waals surface area contributed by atoms with Gasteiger partial charge in [0.2, 0.25) is 8.32 Å². The van der Waals surface area contributed by atoms with Crippen LogP contribution < -0.4 is 0 Å². The lowest BCUT2D eigenvalue weighted by Crippen LogP contribution is -2.45. The van der Waals surface area contributed by atoms with E-state index in [1.807, 2.05) is 18.2 Å². The topological polar surface area (TPSA) is 12.5 Å². The summed E-state index contributed by atoms with van der Waals surface area (Å²) >= 11 is 0. The Hall–Kier alpha value is -0.643. The first-order valence-corrected chi connectivity index (χ1v) is 9.07. The highest BCUT2D eigenvalue weighted by Gasteiger charge is 2.39. The standard InChI is InChI=1S/C14H25NOSi/c1-14(2,3)17(5,6)16-15(4)12-13-10-8-7-9-11-13/h7-11H,12H2,1-6H3. The van der Waals surface area contributed by atoms with Crippen LogP contribution in [-0.2, 0) is 11.1 Å². The van der Waals surface area contributed by atoms with Crippen molar-refractivity contribution in [2.24, 2.45) is 0 Å². The van der Waals surface area contributed by atoms with Gasteiger partial charge in [0.25, 0.3) is 0 Å². The minimum atomic E-state index is -1.70. The van der Waals surface area contributed by atoms with Gasteiger partial charge in [-0.3, -0.25) is 0 Å². The number of nitrogens with zero attached hydrogens (tertiary/aromatic N) is 1. The molecule has 17 heavy (non-hydrogen) atoms. The SMILES string of the molecule is CN(Cc1ccccc1)O[Si](C)(C)C(C)(C)C. The molecule has 1 aromatic carbocycles. The van der Waals surface area contributed by atoms with E-state index in [2.05, 4.69) is 58.1 Å². The molecule has 0 aliphatic rings. The lowest BCUT2D eigenvalue weighted by molar-refractivity contribution is -0.0557. The van der Waals surface area contributed by atoms with E-state index in [1.165, 1.54) is 5.56 Å². The Bertz CT molecular complexity index is 343. The quantitative estimate of drug-likeness (QED) is 0.591. The van der Waals surface area contributed by atoms with E-state index in [-0.39, 0.29) is 5.04 Å². The third kappa shape index (κ3) is 4.26. The molecular weight excluding hydrogens is 226 g/mol. The molecule has 2 nitrogen and oxygen atoms in total. The third-order valence-electron chi connectivity index (χ3n) is 3.44. The van der Waals surface area contributed by atoms with E-state index in [4.69, 9.17) is 4.53 Å². The maximum Gasteiger partial charge on any atom is 0.220 e. The fourth-order valence-corrected chi connectivity index (χ4v) is 2.52. The molecule has 3 heteroatoms. The van der Waals surface area contributed by atoms with Crippen LogP contribution in [0.1, 0.15) is 26.3 Å². The molecule has 1 aromatic rings. The minimum Gasteiger partial charge on any atom is -0.342 e. The molecule has 0 unspecified atom stereocenters. The average Bonchev–Trinajstić information content (AvgIpc) is 2.16. The van der Waals surface area contributed by atoms with Crippen molar-refractivity contribution in [1.82, 2.24) is 5.06 Å². The zero-order valence-electron chi connectivity index (χ0n) is 11.9. The fourth-order valence-electron chi connectivity index (χ4n) is 1.40. The van der Waals surface area contributed by atoms with Gasteiger partial charge in [0.05, 0.1) is 0 Å². The molecule has 0 aliphatic carbocycles. The van der Waals surface area contributed by atoms with Gasteiger partial charge < -0.3 is 4.53 Å². The van der Waals surface area contributed by atoms with Gasteiger partial charge in [-0.2, -0.15) is 0 Å². The fraction of sp³-hybridized carbons (Fsp3) is 0.571. The highest BCUT2D eigenvalue weighted by Crippen LogP contribution is 2.37. The number of hydrogen-bond acceptors (Lipinski definition) is 2. The number of rotatable bonds is 4. The van der Waals surface area contributed by atoms with Crippen molar-refractivity contribution in [3.63, 3.8) is 0 Å². The first kappa shape index (κ1) is 14.4. The number of benzene rings is 1. The predicted molar refractivity (Wildman–Crippen MR) is 76.2 cm³/mol. The summed E-state index contributed by atoms with van der Waals surface area (Å²) in [5.41, 5.74) is 1.29. The molecule has 0 bridgehead atoms. The molecule has 0 spiro atoms. The van der Waals surface area contributed by atoms with Gasteiger partial charge in [-0.25, -0.2) is 5.06 Å². The van der Waals surface area contributed by atoms with Gasteiger partial charge in [-0.1, -0.05) is 51.1 Å². The first-order chi connectivity index (χ1) is 7.72. The summed E-state index contributed by atoms with van der Waals surface area (Å²) in [7, 11) is 0.325. The van der Waals surface area contributed by atoms with Crippen LogP contribution in [0.2, 0.25) is 18.1 Å². The second-order valence-electron chi connectivity index (χ2n) is 6.12. The normalized spacial score (nSPS) is 13.1. The molecule has 0 radical (unpaired) electrons. The van der Waals surface area contributed by atoms with Crippen molar-refractivity contribution in [1.29, 1.82) is 0 Å². The maximum atomic E-state index is 6.18. The van der Waals surface area contributed by atoms with Crippen LogP contribution in [-0.4, -0.2) is 20.4 Å². The van der Waals surface area contributed by atoms with Crippen LogP contribution in [0.3, 0.4) is 0 Å². The molecule has 0 atom stereocenters. The molecule has 0 N–H and O–H groups in total. The van der Waals surface area contributed by atoms with E-state index in [0.29, 0.717) is 0 Å². The van der Waals surface area contributed by atoms with Crippen molar-refractivity contribution in [3.05, 3.63) is 35.9 Å². The third-order valence-corrected chi connectivity index (χ3v) is 7.82. The minimum absolute atomic E-state index is 0.248. The highest BCUT2D eigenvalue weighted by atomic mass is 28.4. The Kier molecular flexibility index (Phi) is 4.53. The molecule has 0 heterocycles. The van der Waals surface area contributed by atoms with Crippen molar-refractivity contribution in [2.75, 3.05) is 7.05 Å². The number of hydrogen-bond donors (Lipinski definition) is 0. The summed E-state index contributed by atoms with van der Waals surface area (Å²) in [6.45, 7) is 12.2. The van der Waals surface area contributed by atoms with Crippen molar-refractivity contribution >= 4 is 8.32 Å². The summed E-state index contributed by atoms with van der Waals surface area (Å²) in [5, 5.41) is 2.23. The molecular formula is C14H25NOSi. The molecule has 96 valence electrons. The molecule has 0 aliphatic heterocycles. The Morgan fingerprint density at radius 1 is 1.12 bits per heavy atom. The van der Waals surface area contributed by atoms with Crippen molar-refractivity contribution < 1.29 is 4.53 Å². The van der Waals surface area contributed by atoms with Crippen molar-refractivity contribution in [3.8, 4) is 0 Å². The van der Waals surface area contributed by atoms with E-state index < -0.39 is 8.32 Å². The Morgan fingerprint density at radius 2 is 1.65 bits per heavy atom. The molecule has 1 rings (SSSR count). The van der Waals surface area contributed by atoms with Crippen LogP contribution in [0.4, 0.5) is 0 Å². The Labute approximate surface area is 107 Å². The highest BCUT2D eigenvalue weighted by molar-refractivity contribution is 6.74. The van der Waals surface area contributed by atoms with Crippen LogP contribution in [0.15, 0.2) is 30.3 Å². The second-order valence-corrected chi connectivity index (χ2v) is 10.8. The summed E-state index contributed by atoms with van der Waals surface area (Å²) in [6, 6.07) is 10.4. The molecule has 0 amide bonds. The van der Waals surface area contributed by atoms with Gasteiger partial charge in [-0.15, -0.1) is 0 Å². The van der Waals surface area contributed by atoms with E-state index in [9.17, 15) is 0 Å². The lowest BCUT2D eigenvalue weighted by Gasteiger charge is -2.38. The van der Waals surface area contributed by atoms with Crippen LogP contribution >= 0.6 is 0 Å². The maximum absolute atomic E-state index is 6.18. The predicted octanol–water partition coefficient (Wildman–Crippen LogP) is 4.06. The van der Waals surface area contributed by atoms with Crippen LogP contribution in [0.5, 0.6) is 0 Å². The lowest BCUT2D eigenvalue weighted by atomic mass is 10.2. The zero-order chi connectivity index (χ0) is 13.1. The summed E-state index contributed by atoms with van der Waals surface area (Å²) in [4.78, 5) is 0. The largest absolute Gasteiger partial charge is 0.342 e. The van der Waals surface area contributed by atoms with E-state index in [0.717, 1.165) is 6.54 Å². The molecule has 0 saturated carbocycles. The van der Waals surface area contributed by atoms with Crippen molar-refractivity contribution in [2.45, 2.75) is 45.4 Å². The first-order valence-electron chi connectivity index (χ1n) is 6.16. The van der Waals surface area contributed by atoms with E-state index in [1.54, 1.807) is 0 Å². The van der Waals surface area contributed by atoms with Gasteiger partial charge in [0.1, 0.15) is 0 Å². The average molecular weight is 251 g/mol. The van der Waals surface area contributed by atoms with Gasteiger partial charge in [0.15, 0.2) is 0 Å². The molecule has 0 aromatic heterocycles. The smallest absolute Gasteiger partial charge is 0.220 e. The number of hydroxylamine groups is 2. The van der Waals surface area contributed by atoms with E-state index >= 15 is 0 Å². The summed E-state index contributed by atoms with van der Waals surface area (Å²) < 4.78 is 6.18. The summed E-state index contributed by atoms with van der Waals surface area (Å²) in [5.74, 6) is 0. The zero-order valence-corrected chi connectivity index (χ0v) is 12.9. The Morgan fingerprint density at radius 3 is 2.12 bits per heavy atom. The monoisotopic (exact) mass is 251 g/mol. The second kappa shape index (κ2) is 5.34. The van der Waals surface area contributed by atoms with Gasteiger partial charge in [0, 0.05) is 13.6 Å². The Balaban J connectivity index is 2.59. The molecule has 0 saturated heterocycles. The van der Waals surface area contributed by atoms with Gasteiger partial charge in [-0.05, 0) is 23.7 Å². The molecule has 0 fully saturated rings. The summed E-state index contributed by atoms with van der Waals surface area (Å²) in [6.07, 6.45) is 0.